The normalized spacial score (nSPS) is 11.5. The first-order chi connectivity index (χ1) is 20.7. The molecule has 0 atom stereocenters. The highest BCUT2D eigenvalue weighted by Crippen LogP contribution is 2.38. The van der Waals surface area contributed by atoms with E-state index >= 15 is 0 Å². The van der Waals surface area contributed by atoms with E-state index in [2.05, 4.69) is 88.7 Å². The summed E-state index contributed by atoms with van der Waals surface area (Å²) in [5.41, 5.74) is 6.76. The summed E-state index contributed by atoms with van der Waals surface area (Å²) in [4.78, 5) is 15.2. The number of rotatable bonds is 4. The van der Waals surface area contributed by atoms with Gasteiger partial charge in [-0.1, -0.05) is 119 Å². The lowest BCUT2D eigenvalue weighted by atomic mass is 9.94. The molecule has 8 aromatic rings. The highest BCUT2D eigenvalue weighted by molar-refractivity contribution is 9.10. The van der Waals surface area contributed by atoms with Gasteiger partial charge < -0.3 is 4.42 Å². The molecule has 42 heavy (non-hydrogen) atoms. The van der Waals surface area contributed by atoms with Gasteiger partial charge in [-0.25, -0.2) is 15.0 Å². The fraction of sp³-hybridized carbons (Fsp3) is 0. The van der Waals surface area contributed by atoms with Crippen molar-refractivity contribution in [3.63, 3.8) is 0 Å². The van der Waals surface area contributed by atoms with Crippen LogP contribution in [0.15, 0.2) is 142 Å². The van der Waals surface area contributed by atoms with Crippen LogP contribution in [0.2, 0.25) is 0 Å². The van der Waals surface area contributed by atoms with Crippen LogP contribution in [0.4, 0.5) is 0 Å². The predicted octanol–water partition coefficient (Wildman–Crippen LogP) is 10.4. The number of halogens is 1. The Morgan fingerprint density at radius 1 is 0.405 bits per heavy atom. The highest BCUT2D eigenvalue weighted by Gasteiger charge is 2.19. The third-order valence-electron chi connectivity index (χ3n) is 7.63. The molecule has 0 bridgehead atoms. The van der Waals surface area contributed by atoms with Crippen LogP contribution in [0.25, 0.3) is 78.0 Å². The first kappa shape index (κ1) is 24.6. The fourth-order valence-electron chi connectivity index (χ4n) is 5.67. The average molecular weight is 605 g/mol. The van der Waals surface area contributed by atoms with Crippen LogP contribution in [0, 0.1) is 0 Å². The minimum atomic E-state index is 0.608. The molecule has 0 amide bonds. The Kier molecular flexibility index (Phi) is 5.90. The Morgan fingerprint density at radius 3 is 1.79 bits per heavy atom. The van der Waals surface area contributed by atoms with Crippen LogP contribution in [-0.4, -0.2) is 15.0 Å². The number of hydrogen-bond acceptors (Lipinski definition) is 4. The summed E-state index contributed by atoms with van der Waals surface area (Å²) >= 11 is 3.56. The number of hydrogen-bond donors (Lipinski definition) is 0. The Hall–Kier alpha value is -5.13. The van der Waals surface area contributed by atoms with Crippen molar-refractivity contribution in [2.75, 3.05) is 0 Å². The molecule has 0 N–H and O–H groups in total. The van der Waals surface area contributed by atoms with E-state index in [0.717, 1.165) is 65.0 Å². The van der Waals surface area contributed by atoms with Gasteiger partial charge in [0.15, 0.2) is 17.5 Å². The standard InChI is InChI=1S/C37H22BrN3O/c38-25-19-17-23(18-20-25)26-21-22-29(28-12-5-4-11-27(26)28)36-39-35(24-9-2-1-3-10-24)40-37(41-36)31-14-8-16-33-34(31)30-13-6-7-15-32(30)42-33/h1-22H. The van der Waals surface area contributed by atoms with Crippen molar-refractivity contribution in [1.29, 1.82) is 0 Å². The topological polar surface area (TPSA) is 51.8 Å². The summed E-state index contributed by atoms with van der Waals surface area (Å²) in [7, 11) is 0. The lowest BCUT2D eigenvalue weighted by Crippen LogP contribution is -2.01. The van der Waals surface area contributed by atoms with Crippen LogP contribution in [-0.2, 0) is 0 Å². The van der Waals surface area contributed by atoms with Crippen molar-refractivity contribution < 1.29 is 4.42 Å². The van der Waals surface area contributed by atoms with Crippen molar-refractivity contribution in [2.24, 2.45) is 0 Å². The van der Waals surface area contributed by atoms with Gasteiger partial charge in [-0.2, -0.15) is 0 Å². The number of furan rings is 1. The van der Waals surface area contributed by atoms with E-state index in [1.54, 1.807) is 0 Å². The SMILES string of the molecule is Brc1ccc(-c2ccc(-c3nc(-c4ccccc4)nc(-c4cccc5oc6ccccc6c45)n3)c3ccccc23)cc1. The molecule has 2 heterocycles. The largest absolute Gasteiger partial charge is 0.456 e. The van der Waals surface area contributed by atoms with Gasteiger partial charge in [-0.15, -0.1) is 0 Å². The Bertz CT molecular complexity index is 2260. The second-order valence-electron chi connectivity index (χ2n) is 10.2. The zero-order valence-corrected chi connectivity index (χ0v) is 23.9. The van der Waals surface area contributed by atoms with Gasteiger partial charge in [0.2, 0.25) is 0 Å². The van der Waals surface area contributed by atoms with Gasteiger partial charge in [0.05, 0.1) is 0 Å². The van der Waals surface area contributed by atoms with E-state index in [1.807, 2.05) is 60.7 Å². The van der Waals surface area contributed by atoms with Crippen molar-refractivity contribution in [1.82, 2.24) is 15.0 Å². The van der Waals surface area contributed by atoms with Gasteiger partial charge in [0, 0.05) is 31.9 Å². The summed E-state index contributed by atoms with van der Waals surface area (Å²) in [6.07, 6.45) is 0. The first-order valence-corrected chi connectivity index (χ1v) is 14.5. The molecule has 0 fully saturated rings. The van der Waals surface area contributed by atoms with Crippen LogP contribution in [0.1, 0.15) is 0 Å². The Labute approximate surface area is 250 Å². The lowest BCUT2D eigenvalue weighted by Gasteiger charge is -2.13. The van der Waals surface area contributed by atoms with E-state index < -0.39 is 0 Å². The highest BCUT2D eigenvalue weighted by atomic mass is 79.9. The first-order valence-electron chi connectivity index (χ1n) is 13.7. The van der Waals surface area contributed by atoms with Gasteiger partial charge >= 0.3 is 0 Å². The second kappa shape index (κ2) is 10.1. The number of para-hydroxylation sites is 1. The molecule has 8 rings (SSSR count). The summed E-state index contributed by atoms with van der Waals surface area (Å²) in [6, 6.07) is 45.4. The molecule has 0 unspecified atom stereocenters. The van der Waals surface area contributed by atoms with Crippen LogP contribution in [0.3, 0.4) is 0 Å². The monoisotopic (exact) mass is 603 g/mol. The van der Waals surface area contributed by atoms with Crippen LogP contribution < -0.4 is 0 Å². The number of benzene rings is 6. The molecule has 6 aromatic carbocycles. The lowest BCUT2D eigenvalue weighted by molar-refractivity contribution is 0.669. The molecule has 0 aliphatic rings. The maximum atomic E-state index is 6.19. The van der Waals surface area contributed by atoms with Gasteiger partial charge in [-0.05, 0) is 52.2 Å². The molecular formula is C37H22BrN3O. The molecule has 5 heteroatoms. The summed E-state index contributed by atoms with van der Waals surface area (Å²) in [5, 5.41) is 4.26. The average Bonchev–Trinajstić information content (AvgIpc) is 3.44. The molecular weight excluding hydrogens is 582 g/mol. The third-order valence-corrected chi connectivity index (χ3v) is 8.16. The van der Waals surface area contributed by atoms with Gasteiger partial charge in [-0.3, -0.25) is 0 Å². The molecule has 4 nitrogen and oxygen atoms in total. The predicted molar refractivity (Wildman–Crippen MR) is 174 cm³/mol. The molecule has 0 aliphatic heterocycles. The quantitative estimate of drug-likeness (QED) is 0.201. The Morgan fingerprint density at radius 2 is 1.00 bits per heavy atom. The number of aromatic nitrogens is 3. The maximum Gasteiger partial charge on any atom is 0.164 e. The van der Waals surface area contributed by atoms with Gasteiger partial charge in [0.1, 0.15) is 11.2 Å². The molecule has 2 aromatic heterocycles. The second-order valence-corrected chi connectivity index (χ2v) is 11.1. The van der Waals surface area contributed by atoms with E-state index in [4.69, 9.17) is 19.4 Å². The van der Waals surface area contributed by atoms with Crippen molar-refractivity contribution in [2.45, 2.75) is 0 Å². The summed E-state index contributed by atoms with van der Waals surface area (Å²) < 4.78 is 7.24. The van der Waals surface area contributed by atoms with Crippen LogP contribution in [0.5, 0.6) is 0 Å². The van der Waals surface area contributed by atoms with Crippen molar-refractivity contribution in [3.8, 4) is 45.3 Å². The maximum absolute atomic E-state index is 6.19. The minimum Gasteiger partial charge on any atom is -0.456 e. The fourth-order valence-corrected chi connectivity index (χ4v) is 5.93. The van der Waals surface area contributed by atoms with E-state index in [9.17, 15) is 0 Å². The molecule has 0 radical (unpaired) electrons. The van der Waals surface area contributed by atoms with Crippen LogP contribution >= 0.6 is 15.9 Å². The molecule has 198 valence electrons. The Balaban J connectivity index is 1.39. The van der Waals surface area contributed by atoms with Crippen molar-refractivity contribution in [3.05, 3.63) is 138 Å². The zero-order chi connectivity index (χ0) is 28.0. The van der Waals surface area contributed by atoms with Crippen molar-refractivity contribution >= 4 is 48.6 Å². The third kappa shape index (κ3) is 4.18. The van der Waals surface area contributed by atoms with E-state index in [1.165, 1.54) is 0 Å². The summed E-state index contributed by atoms with van der Waals surface area (Å²) in [5.74, 6) is 1.86. The molecule has 0 saturated heterocycles. The van der Waals surface area contributed by atoms with E-state index in [0.29, 0.717) is 17.5 Å². The zero-order valence-electron chi connectivity index (χ0n) is 22.3. The van der Waals surface area contributed by atoms with E-state index in [-0.39, 0.29) is 0 Å². The summed E-state index contributed by atoms with van der Waals surface area (Å²) in [6.45, 7) is 0. The minimum absolute atomic E-state index is 0.608. The molecule has 0 saturated carbocycles. The number of nitrogens with zero attached hydrogens (tertiary/aromatic N) is 3. The molecule has 0 aliphatic carbocycles. The smallest absolute Gasteiger partial charge is 0.164 e. The molecule has 0 spiro atoms. The number of fused-ring (bicyclic) bond motifs is 4. The van der Waals surface area contributed by atoms with Gasteiger partial charge in [0.25, 0.3) is 0 Å².